The zero-order chi connectivity index (χ0) is 12.5. The third-order valence-electron chi connectivity index (χ3n) is 2.33. The molecular formula is C14H18O3. The Labute approximate surface area is 102 Å². The molecular weight excluding hydrogens is 216 g/mol. The van der Waals surface area contributed by atoms with Crippen molar-refractivity contribution in [3.63, 3.8) is 0 Å². The third-order valence-corrected chi connectivity index (χ3v) is 2.33. The molecule has 1 rings (SSSR count). The van der Waals surface area contributed by atoms with Gasteiger partial charge >= 0.3 is 5.97 Å². The lowest BCUT2D eigenvalue weighted by Crippen LogP contribution is -2.23. The van der Waals surface area contributed by atoms with Gasteiger partial charge in [-0.3, -0.25) is 0 Å². The molecule has 0 fully saturated rings. The highest BCUT2D eigenvalue weighted by molar-refractivity contribution is 5.72. The number of benzene rings is 1. The van der Waals surface area contributed by atoms with Gasteiger partial charge in [-0.15, -0.1) is 0 Å². The Hall–Kier alpha value is -1.61. The van der Waals surface area contributed by atoms with Crippen LogP contribution in [0.15, 0.2) is 36.4 Å². The summed E-state index contributed by atoms with van der Waals surface area (Å²) in [7, 11) is 0. The standard InChI is InChI=1S/C14H18O3/c1-2-7-13(14(15)16)17-11-6-10-12-8-4-3-5-9-12/h3-6,8-10,13H,2,7,11H2,1H3,(H,15,16)/b10-6+. The summed E-state index contributed by atoms with van der Waals surface area (Å²) in [6.45, 7) is 2.27. The second-order valence-corrected chi connectivity index (χ2v) is 3.76. The highest BCUT2D eigenvalue weighted by Gasteiger charge is 2.15. The smallest absolute Gasteiger partial charge is 0.332 e. The van der Waals surface area contributed by atoms with Crippen molar-refractivity contribution in [2.24, 2.45) is 0 Å². The average Bonchev–Trinajstić information content (AvgIpc) is 2.34. The zero-order valence-corrected chi connectivity index (χ0v) is 10.0. The maximum absolute atomic E-state index is 10.8. The van der Waals surface area contributed by atoms with E-state index in [-0.39, 0.29) is 0 Å². The first kappa shape index (κ1) is 13.5. The van der Waals surface area contributed by atoms with Gasteiger partial charge in [0.15, 0.2) is 6.10 Å². The van der Waals surface area contributed by atoms with Gasteiger partial charge in [0.05, 0.1) is 6.61 Å². The SMILES string of the molecule is CCCC(OC/C=C/c1ccccc1)C(=O)O. The number of hydrogen-bond acceptors (Lipinski definition) is 2. The average molecular weight is 234 g/mol. The van der Waals surface area contributed by atoms with Gasteiger partial charge in [0, 0.05) is 0 Å². The molecule has 0 heterocycles. The number of aliphatic carboxylic acids is 1. The molecule has 0 spiro atoms. The first-order valence-corrected chi connectivity index (χ1v) is 5.80. The number of carboxylic acids is 1. The van der Waals surface area contributed by atoms with Crippen molar-refractivity contribution in [3.05, 3.63) is 42.0 Å². The molecule has 3 heteroatoms. The fourth-order valence-electron chi connectivity index (χ4n) is 1.46. The van der Waals surface area contributed by atoms with Gasteiger partial charge in [-0.2, -0.15) is 0 Å². The van der Waals surface area contributed by atoms with Crippen LogP contribution < -0.4 is 0 Å². The van der Waals surface area contributed by atoms with Crippen LogP contribution in [0.4, 0.5) is 0 Å². The molecule has 1 unspecified atom stereocenters. The molecule has 3 nitrogen and oxygen atoms in total. The second kappa shape index (κ2) is 7.63. The van der Waals surface area contributed by atoms with E-state index in [1.54, 1.807) is 0 Å². The Balaban J connectivity index is 2.36. The summed E-state index contributed by atoms with van der Waals surface area (Å²) in [5.41, 5.74) is 1.08. The Morgan fingerprint density at radius 2 is 2.12 bits per heavy atom. The highest BCUT2D eigenvalue weighted by Crippen LogP contribution is 2.04. The molecule has 1 atom stereocenters. The van der Waals surface area contributed by atoms with E-state index in [2.05, 4.69) is 0 Å². The second-order valence-electron chi connectivity index (χ2n) is 3.76. The molecule has 1 N–H and O–H groups in total. The van der Waals surface area contributed by atoms with E-state index in [0.717, 1.165) is 12.0 Å². The van der Waals surface area contributed by atoms with Crippen LogP contribution in [0.5, 0.6) is 0 Å². The van der Waals surface area contributed by atoms with E-state index in [4.69, 9.17) is 9.84 Å². The van der Waals surface area contributed by atoms with E-state index in [1.807, 2.05) is 49.4 Å². The number of rotatable bonds is 7. The molecule has 0 aliphatic heterocycles. The molecule has 0 saturated carbocycles. The predicted octanol–water partition coefficient (Wildman–Crippen LogP) is 2.97. The number of carbonyl (C=O) groups is 1. The summed E-state index contributed by atoms with van der Waals surface area (Å²) in [6, 6.07) is 9.83. The summed E-state index contributed by atoms with van der Waals surface area (Å²) < 4.78 is 5.28. The first-order chi connectivity index (χ1) is 8.24. The van der Waals surface area contributed by atoms with Gasteiger partial charge < -0.3 is 9.84 Å². The summed E-state index contributed by atoms with van der Waals surface area (Å²) in [5, 5.41) is 8.87. The minimum Gasteiger partial charge on any atom is -0.479 e. The van der Waals surface area contributed by atoms with Crippen molar-refractivity contribution in [3.8, 4) is 0 Å². The van der Waals surface area contributed by atoms with Gasteiger partial charge in [0.2, 0.25) is 0 Å². The molecule has 0 saturated heterocycles. The van der Waals surface area contributed by atoms with Crippen molar-refractivity contribution >= 4 is 12.0 Å². The molecule has 1 aromatic carbocycles. The largest absolute Gasteiger partial charge is 0.479 e. The molecule has 17 heavy (non-hydrogen) atoms. The van der Waals surface area contributed by atoms with Crippen LogP contribution in [-0.4, -0.2) is 23.8 Å². The third kappa shape index (κ3) is 5.31. The molecule has 92 valence electrons. The van der Waals surface area contributed by atoms with Gasteiger partial charge in [-0.05, 0) is 12.0 Å². The number of carboxylic acid groups (broad SMARTS) is 1. The Kier molecular flexibility index (Phi) is 6.04. The lowest BCUT2D eigenvalue weighted by Gasteiger charge is -2.10. The quantitative estimate of drug-likeness (QED) is 0.789. The lowest BCUT2D eigenvalue weighted by molar-refractivity contribution is -0.150. The van der Waals surface area contributed by atoms with Gasteiger partial charge in [0.1, 0.15) is 0 Å². The predicted molar refractivity (Wildman–Crippen MR) is 67.8 cm³/mol. The summed E-state index contributed by atoms with van der Waals surface area (Å²) in [6.07, 6.45) is 4.42. The highest BCUT2D eigenvalue weighted by atomic mass is 16.5. The first-order valence-electron chi connectivity index (χ1n) is 5.80. The van der Waals surface area contributed by atoms with Crippen LogP contribution in [0.25, 0.3) is 6.08 Å². The van der Waals surface area contributed by atoms with E-state index in [1.165, 1.54) is 0 Å². The van der Waals surface area contributed by atoms with Crippen LogP contribution in [-0.2, 0) is 9.53 Å². The van der Waals surface area contributed by atoms with Crippen LogP contribution in [0, 0.1) is 0 Å². The zero-order valence-electron chi connectivity index (χ0n) is 10.0. The minimum atomic E-state index is -0.889. The van der Waals surface area contributed by atoms with Crippen molar-refractivity contribution in [1.82, 2.24) is 0 Å². The molecule has 0 bridgehead atoms. The normalized spacial score (nSPS) is 12.8. The summed E-state index contributed by atoms with van der Waals surface area (Å²) in [5.74, 6) is -0.889. The van der Waals surface area contributed by atoms with Crippen molar-refractivity contribution < 1.29 is 14.6 Å². The summed E-state index contributed by atoms with van der Waals surface area (Å²) in [4.78, 5) is 10.8. The van der Waals surface area contributed by atoms with Crippen LogP contribution in [0.2, 0.25) is 0 Å². The van der Waals surface area contributed by atoms with Crippen LogP contribution >= 0.6 is 0 Å². The fraction of sp³-hybridized carbons (Fsp3) is 0.357. The Bertz CT molecular complexity index is 357. The van der Waals surface area contributed by atoms with Crippen molar-refractivity contribution in [2.45, 2.75) is 25.9 Å². The summed E-state index contributed by atoms with van der Waals surface area (Å²) >= 11 is 0. The van der Waals surface area contributed by atoms with Crippen molar-refractivity contribution in [2.75, 3.05) is 6.61 Å². The maximum Gasteiger partial charge on any atom is 0.332 e. The van der Waals surface area contributed by atoms with E-state index < -0.39 is 12.1 Å². The maximum atomic E-state index is 10.8. The fourth-order valence-corrected chi connectivity index (χ4v) is 1.46. The number of hydrogen-bond donors (Lipinski definition) is 1. The topological polar surface area (TPSA) is 46.5 Å². The minimum absolute atomic E-state index is 0.325. The molecule has 0 aliphatic carbocycles. The molecule has 0 aromatic heterocycles. The van der Waals surface area contributed by atoms with Crippen molar-refractivity contribution in [1.29, 1.82) is 0 Å². The van der Waals surface area contributed by atoms with Gasteiger partial charge in [-0.1, -0.05) is 55.8 Å². The number of ether oxygens (including phenoxy) is 1. The molecule has 0 aliphatic rings. The van der Waals surface area contributed by atoms with Crippen LogP contribution in [0.1, 0.15) is 25.3 Å². The Morgan fingerprint density at radius 1 is 1.41 bits per heavy atom. The molecule has 0 radical (unpaired) electrons. The van der Waals surface area contributed by atoms with Gasteiger partial charge in [0.25, 0.3) is 0 Å². The Morgan fingerprint density at radius 3 is 2.71 bits per heavy atom. The molecule has 0 amide bonds. The van der Waals surface area contributed by atoms with E-state index >= 15 is 0 Å². The van der Waals surface area contributed by atoms with E-state index in [9.17, 15) is 4.79 Å². The monoisotopic (exact) mass is 234 g/mol. The van der Waals surface area contributed by atoms with Crippen LogP contribution in [0.3, 0.4) is 0 Å². The lowest BCUT2D eigenvalue weighted by atomic mass is 10.2. The van der Waals surface area contributed by atoms with E-state index in [0.29, 0.717) is 13.0 Å². The van der Waals surface area contributed by atoms with Gasteiger partial charge in [-0.25, -0.2) is 4.79 Å². The molecule has 1 aromatic rings.